The maximum absolute atomic E-state index is 11.6. The van der Waals surface area contributed by atoms with E-state index < -0.39 is 5.97 Å². The molecule has 0 unspecified atom stereocenters. The molecule has 100 valence electrons. The molecule has 0 saturated carbocycles. The zero-order valence-electron chi connectivity index (χ0n) is 10.7. The fourth-order valence-corrected chi connectivity index (χ4v) is 2.10. The number of carboxylic acids is 1. The van der Waals surface area contributed by atoms with E-state index in [1.54, 1.807) is 18.0 Å². The van der Waals surface area contributed by atoms with Crippen molar-refractivity contribution in [3.8, 4) is 0 Å². The number of carbonyl (C=O) groups excluding carboxylic acids is 1. The molecule has 0 aromatic heterocycles. The molecule has 0 radical (unpaired) electrons. The molecule has 1 aliphatic heterocycles. The molecule has 0 atom stereocenters. The number of hydrogen-bond donors (Lipinski definition) is 2. The van der Waals surface area contributed by atoms with Crippen molar-refractivity contribution in [3.63, 3.8) is 0 Å². The van der Waals surface area contributed by atoms with Gasteiger partial charge in [0.1, 0.15) is 0 Å². The molecule has 2 N–H and O–H groups in total. The molecular weight excluding hydrogens is 244 g/mol. The number of anilines is 2. The highest BCUT2D eigenvalue weighted by Crippen LogP contribution is 2.29. The van der Waals surface area contributed by atoms with Gasteiger partial charge in [-0.1, -0.05) is 6.08 Å². The van der Waals surface area contributed by atoms with Crippen molar-refractivity contribution in [2.24, 2.45) is 0 Å². The molecule has 2 rings (SSSR count). The van der Waals surface area contributed by atoms with Gasteiger partial charge in [-0.25, -0.2) is 4.79 Å². The van der Waals surface area contributed by atoms with Crippen molar-refractivity contribution in [3.05, 3.63) is 35.9 Å². The maximum Gasteiger partial charge on any atom is 0.328 e. The number of amides is 1. The first kappa shape index (κ1) is 13.1. The predicted octanol–water partition coefficient (Wildman–Crippen LogP) is 1.65. The highest BCUT2D eigenvalue weighted by Gasteiger charge is 2.20. The van der Waals surface area contributed by atoms with Crippen LogP contribution in [0.2, 0.25) is 0 Å². The number of aliphatic carboxylic acids is 1. The van der Waals surface area contributed by atoms with Gasteiger partial charge >= 0.3 is 5.97 Å². The van der Waals surface area contributed by atoms with Crippen LogP contribution in [-0.2, 0) is 16.0 Å². The van der Waals surface area contributed by atoms with Crippen molar-refractivity contribution in [1.82, 2.24) is 0 Å². The largest absolute Gasteiger partial charge is 0.478 e. The highest BCUT2D eigenvalue weighted by atomic mass is 16.4. The Labute approximate surface area is 111 Å². The number of aryl methyl sites for hydroxylation is 1. The minimum Gasteiger partial charge on any atom is -0.478 e. The molecule has 1 amide bonds. The van der Waals surface area contributed by atoms with Crippen molar-refractivity contribution in [1.29, 1.82) is 0 Å². The van der Waals surface area contributed by atoms with Crippen molar-refractivity contribution >= 4 is 23.3 Å². The van der Waals surface area contributed by atoms with Crippen molar-refractivity contribution in [2.45, 2.75) is 12.8 Å². The standard InChI is InChI=1S/C14H16N2O3/c1-16-12-6-5-11(15-8-2-3-14(18)19)9-10(12)4-7-13(16)17/h2-3,5-6,9,15H,4,7-8H2,1H3,(H,18,19)/b3-2+. The number of benzene rings is 1. The van der Waals surface area contributed by atoms with Crippen LogP contribution in [0.5, 0.6) is 0 Å². The Morgan fingerprint density at radius 1 is 1.47 bits per heavy atom. The van der Waals surface area contributed by atoms with E-state index in [0.717, 1.165) is 29.4 Å². The number of fused-ring (bicyclic) bond motifs is 1. The molecule has 5 nitrogen and oxygen atoms in total. The Hall–Kier alpha value is -2.30. The lowest BCUT2D eigenvalue weighted by molar-refractivity contribution is -0.131. The van der Waals surface area contributed by atoms with Gasteiger partial charge in [-0.2, -0.15) is 0 Å². The van der Waals surface area contributed by atoms with Gasteiger partial charge in [0.25, 0.3) is 0 Å². The Bertz CT molecular complexity index is 537. The lowest BCUT2D eigenvalue weighted by Gasteiger charge is -2.26. The lowest BCUT2D eigenvalue weighted by Crippen LogP contribution is -2.31. The smallest absolute Gasteiger partial charge is 0.328 e. The first-order valence-electron chi connectivity index (χ1n) is 6.11. The van der Waals surface area contributed by atoms with Crippen molar-refractivity contribution in [2.75, 3.05) is 23.8 Å². The van der Waals surface area contributed by atoms with Gasteiger partial charge in [-0.05, 0) is 30.2 Å². The van der Waals surface area contributed by atoms with E-state index in [-0.39, 0.29) is 5.91 Å². The van der Waals surface area contributed by atoms with Crippen LogP contribution in [0.1, 0.15) is 12.0 Å². The van der Waals surface area contributed by atoms with E-state index in [4.69, 9.17) is 5.11 Å². The second-order valence-corrected chi connectivity index (χ2v) is 4.42. The summed E-state index contributed by atoms with van der Waals surface area (Å²) in [4.78, 5) is 23.6. The topological polar surface area (TPSA) is 69.6 Å². The van der Waals surface area contributed by atoms with Crippen molar-refractivity contribution < 1.29 is 14.7 Å². The van der Waals surface area contributed by atoms with Gasteiger partial charge in [0.2, 0.25) is 5.91 Å². The van der Waals surface area contributed by atoms with Gasteiger partial charge < -0.3 is 15.3 Å². The first-order chi connectivity index (χ1) is 9.08. The zero-order chi connectivity index (χ0) is 13.8. The Morgan fingerprint density at radius 2 is 2.26 bits per heavy atom. The molecule has 0 fully saturated rings. The third-order valence-corrected chi connectivity index (χ3v) is 3.11. The fourth-order valence-electron chi connectivity index (χ4n) is 2.10. The van der Waals surface area contributed by atoms with Gasteiger partial charge in [-0.3, -0.25) is 4.79 Å². The summed E-state index contributed by atoms with van der Waals surface area (Å²) in [6.45, 7) is 0.458. The number of carbonyl (C=O) groups is 2. The molecule has 1 aromatic rings. The van der Waals surface area contributed by atoms with Crippen LogP contribution in [0.3, 0.4) is 0 Å². The summed E-state index contributed by atoms with van der Waals surface area (Å²) in [7, 11) is 1.78. The average Bonchev–Trinajstić information content (AvgIpc) is 2.39. The summed E-state index contributed by atoms with van der Waals surface area (Å²) in [5, 5.41) is 11.6. The minimum atomic E-state index is -0.952. The molecule has 1 aromatic carbocycles. The summed E-state index contributed by atoms with van der Waals surface area (Å²) in [5.41, 5.74) is 3.01. The summed E-state index contributed by atoms with van der Waals surface area (Å²) < 4.78 is 0. The SMILES string of the molecule is CN1C(=O)CCc2cc(NC/C=C/C(=O)O)ccc21. The number of hydrogen-bond acceptors (Lipinski definition) is 3. The third-order valence-electron chi connectivity index (χ3n) is 3.11. The quantitative estimate of drug-likeness (QED) is 0.808. The van der Waals surface area contributed by atoms with Crippen LogP contribution in [0, 0.1) is 0 Å². The molecule has 0 bridgehead atoms. The molecule has 0 saturated heterocycles. The van der Waals surface area contributed by atoms with Crippen LogP contribution >= 0.6 is 0 Å². The molecule has 19 heavy (non-hydrogen) atoms. The van der Waals surface area contributed by atoms with E-state index in [9.17, 15) is 9.59 Å². The van der Waals surface area contributed by atoms with Gasteiger partial charge in [-0.15, -0.1) is 0 Å². The minimum absolute atomic E-state index is 0.137. The van der Waals surface area contributed by atoms with E-state index >= 15 is 0 Å². The number of nitrogens with one attached hydrogen (secondary N) is 1. The van der Waals surface area contributed by atoms with Crippen LogP contribution in [-0.4, -0.2) is 30.6 Å². The lowest BCUT2D eigenvalue weighted by atomic mass is 10.0. The number of carboxylic acid groups (broad SMARTS) is 1. The van der Waals surface area contributed by atoms with Crippen LogP contribution in [0.25, 0.3) is 0 Å². The third kappa shape index (κ3) is 3.13. The molecular formula is C14H16N2O3. The number of nitrogens with zero attached hydrogens (tertiary/aromatic N) is 1. The highest BCUT2D eigenvalue weighted by molar-refractivity contribution is 5.96. The Kier molecular flexibility index (Phi) is 3.85. The van der Waals surface area contributed by atoms with E-state index in [1.807, 2.05) is 18.2 Å². The summed E-state index contributed by atoms with van der Waals surface area (Å²) >= 11 is 0. The molecule has 1 aliphatic rings. The molecule has 0 spiro atoms. The predicted molar refractivity (Wildman–Crippen MR) is 73.4 cm³/mol. The molecule has 5 heteroatoms. The second-order valence-electron chi connectivity index (χ2n) is 4.42. The normalized spacial score (nSPS) is 14.6. The van der Waals surface area contributed by atoms with E-state index in [1.165, 1.54) is 0 Å². The monoisotopic (exact) mass is 260 g/mol. The van der Waals surface area contributed by atoms with Crippen LogP contribution < -0.4 is 10.2 Å². The van der Waals surface area contributed by atoms with E-state index in [2.05, 4.69) is 5.32 Å². The fraction of sp³-hybridized carbons (Fsp3) is 0.286. The molecule has 0 aliphatic carbocycles. The van der Waals surface area contributed by atoms with Crippen LogP contribution in [0.4, 0.5) is 11.4 Å². The summed E-state index contributed by atoms with van der Waals surface area (Å²) in [5.74, 6) is -0.815. The van der Waals surface area contributed by atoms with Gasteiger partial charge in [0, 0.05) is 37.5 Å². The van der Waals surface area contributed by atoms with E-state index in [0.29, 0.717) is 13.0 Å². The maximum atomic E-state index is 11.6. The zero-order valence-corrected chi connectivity index (χ0v) is 10.7. The Morgan fingerprint density at radius 3 is 3.00 bits per heavy atom. The first-order valence-corrected chi connectivity index (χ1v) is 6.11. The van der Waals surface area contributed by atoms with Crippen LogP contribution in [0.15, 0.2) is 30.4 Å². The number of rotatable bonds is 4. The van der Waals surface area contributed by atoms with Gasteiger partial charge in [0.15, 0.2) is 0 Å². The average molecular weight is 260 g/mol. The summed E-state index contributed by atoms with van der Waals surface area (Å²) in [6, 6.07) is 5.81. The summed E-state index contributed by atoms with van der Waals surface area (Å²) in [6.07, 6.45) is 3.94. The van der Waals surface area contributed by atoms with Gasteiger partial charge in [0.05, 0.1) is 0 Å². The molecule has 1 heterocycles. The Balaban J connectivity index is 2.05. The second kappa shape index (κ2) is 5.56.